The van der Waals surface area contributed by atoms with Gasteiger partial charge in [0.25, 0.3) is 0 Å². The maximum absolute atomic E-state index is 10.5. The maximum atomic E-state index is 10.5. The second-order valence-electron chi connectivity index (χ2n) is 2.42. The zero-order valence-corrected chi connectivity index (χ0v) is 10.1. The van der Waals surface area contributed by atoms with Crippen molar-refractivity contribution < 1.29 is 38.2 Å². The van der Waals surface area contributed by atoms with Crippen molar-refractivity contribution in [2.75, 3.05) is 13.2 Å². The summed E-state index contributed by atoms with van der Waals surface area (Å²) < 4.78 is 15.8. The van der Waals surface area contributed by atoms with E-state index in [1.54, 1.807) is 0 Å². The first-order valence-electron chi connectivity index (χ1n) is 3.82. The summed E-state index contributed by atoms with van der Waals surface area (Å²) in [7, 11) is 0. The van der Waals surface area contributed by atoms with E-state index in [2.05, 4.69) is 0 Å². The van der Waals surface area contributed by atoms with Crippen LogP contribution in [0, 0.1) is 0 Å². The van der Waals surface area contributed by atoms with Crippen LogP contribution in [-0.2, 0) is 8.57 Å². The van der Waals surface area contributed by atoms with Crippen LogP contribution in [0.15, 0.2) is 0 Å². The quantitative estimate of drug-likeness (QED) is 0.275. The molecule has 8 nitrogen and oxygen atoms in total. The minimum absolute atomic E-state index is 0.767. The van der Waals surface area contributed by atoms with E-state index < -0.39 is 53.0 Å². The molecule has 0 saturated heterocycles. The number of ketones is 1. The summed E-state index contributed by atoms with van der Waals surface area (Å²) in [6.07, 6.45) is -5.22. The standard InChI is InChI=1S/C6H12O6.GeH2O2/c7-1-3(9)5(11)6(12)4(10)2-8;2-1-3/h3,5-9,11-12H,1-2H2;1-2H/t3-,5-,6-;/m1./s1. The molecule has 3 atom stereocenters. The normalized spacial score (nSPS) is 15.5. The molecule has 90 valence electrons. The zero-order chi connectivity index (χ0) is 12.4. The average Bonchev–Trinajstić information content (AvgIpc) is 2.25. The molecule has 0 aliphatic rings. The third kappa shape index (κ3) is 7.53. The van der Waals surface area contributed by atoms with Gasteiger partial charge in [0.2, 0.25) is 0 Å². The predicted molar refractivity (Wildman–Crippen MR) is 47.3 cm³/mol. The molecule has 9 heteroatoms. The third-order valence-electron chi connectivity index (χ3n) is 1.39. The van der Waals surface area contributed by atoms with Gasteiger partial charge in [0, 0.05) is 0 Å². The SMILES string of the molecule is O=C(CO)[C@@H](O)[C@H](O)[C@H](O)CO.[O]=[GeH][OH]. The van der Waals surface area contributed by atoms with Gasteiger partial charge in [-0.3, -0.25) is 4.79 Å². The number of rotatable bonds is 5. The Balaban J connectivity index is 0. The fraction of sp³-hybridized carbons (Fsp3) is 0.833. The van der Waals surface area contributed by atoms with Crippen molar-refractivity contribution in [3.05, 3.63) is 0 Å². The molecule has 6 N–H and O–H groups in total. The molecule has 0 radical (unpaired) electrons. The van der Waals surface area contributed by atoms with Crippen LogP contribution in [0.2, 0.25) is 0 Å². The molecule has 0 aromatic heterocycles. The molecule has 0 rings (SSSR count). The number of aliphatic hydroxyl groups excluding tert-OH is 5. The summed E-state index contributed by atoms with van der Waals surface area (Å²) >= 11 is -1.94. The van der Waals surface area contributed by atoms with Crippen molar-refractivity contribution in [3.8, 4) is 0 Å². The monoisotopic (exact) mass is 288 g/mol. The van der Waals surface area contributed by atoms with Crippen LogP contribution in [0.5, 0.6) is 0 Å². The van der Waals surface area contributed by atoms with Crippen molar-refractivity contribution >= 4 is 21.5 Å². The van der Waals surface area contributed by atoms with Gasteiger partial charge in [-0.1, -0.05) is 0 Å². The second-order valence-corrected chi connectivity index (χ2v) is 2.86. The first kappa shape index (κ1) is 17.0. The molecule has 0 saturated carbocycles. The Morgan fingerprint density at radius 2 is 1.60 bits per heavy atom. The van der Waals surface area contributed by atoms with Crippen molar-refractivity contribution in [1.29, 1.82) is 0 Å². The van der Waals surface area contributed by atoms with Gasteiger partial charge >= 0.3 is 23.6 Å². The minimum atomic E-state index is -1.94. The van der Waals surface area contributed by atoms with Gasteiger partial charge in [-0.15, -0.1) is 0 Å². The number of carbonyl (C=O) groups excluding carboxylic acids is 1. The summed E-state index contributed by atoms with van der Waals surface area (Å²) in [6, 6.07) is 0. The van der Waals surface area contributed by atoms with Gasteiger partial charge in [-0.25, -0.2) is 0 Å². The Labute approximate surface area is 91.8 Å². The van der Waals surface area contributed by atoms with Crippen LogP contribution in [-0.4, -0.2) is 82.7 Å². The van der Waals surface area contributed by atoms with E-state index in [0.717, 1.165) is 0 Å². The molecule has 15 heavy (non-hydrogen) atoms. The molecular weight excluding hydrogens is 273 g/mol. The van der Waals surface area contributed by atoms with Gasteiger partial charge in [0.15, 0.2) is 5.78 Å². The number of Topliss-reactive ketones (excluding diaryl/α,β-unsaturated/α-hetero) is 1. The van der Waals surface area contributed by atoms with E-state index in [4.69, 9.17) is 33.4 Å². The molecule has 0 bridgehead atoms. The fourth-order valence-electron chi connectivity index (χ4n) is 0.602. The molecule has 0 unspecified atom stereocenters. The van der Waals surface area contributed by atoms with Gasteiger partial charge < -0.3 is 25.5 Å². The summed E-state index contributed by atoms with van der Waals surface area (Å²) in [5.74, 6) is -1.00. The Morgan fingerprint density at radius 3 is 1.87 bits per heavy atom. The van der Waals surface area contributed by atoms with Crippen LogP contribution in [0.3, 0.4) is 0 Å². The summed E-state index contributed by atoms with van der Waals surface area (Å²) in [4.78, 5) is 10.5. The number of hydrogen-bond donors (Lipinski definition) is 6. The molecule has 0 aliphatic carbocycles. The van der Waals surface area contributed by atoms with Crippen LogP contribution >= 0.6 is 0 Å². The Kier molecular flexibility index (Phi) is 11.5. The first-order chi connectivity index (χ1) is 6.95. The van der Waals surface area contributed by atoms with Gasteiger partial charge in [-0.2, -0.15) is 0 Å². The van der Waals surface area contributed by atoms with E-state index in [0.29, 0.717) is 0 Å². The topological polar surface area (TPSA) is 156 Å². The molecule has 0 aliphatic heterocycles. The summed E-state index contributed by atoms with van der Waals surface area (Å²) in [6.45, 7) is -1.69. The second kappa shape index (κ2) is 10.1. The van der Waals surface area contributed by atoms with Crippen molar-refractivity contribution in [2.45, 2.75) is 18.3 Å². The number of aliphatic hydroxyl groups is 5. The number of hydrogen-bond acceptors (Lipinski definition) is 7. The van der Waals surface area contributed by atoms with Crippen LogP contribution in [0.4, 0.5) is 0 Å². The molecule has 0 aromatic carbocycles. The van der Waals surface area contributed by atoms with E-state index in [1.807, 2.05) is 0 Å². The van der Waals surface area contributed by atoms with Gasteiger partial charge in [0.05, 0.1) is 6.61 Å². The van der Waals surface area contributed by atoms with Crippen molar-refractivity contribution in [1.82, 2.24) is 0 Å². The van der Waals surface area contributed by atoms with Crippen molar-refractivity contribution in [2.24, 2.45) is 0 Å². The predicted octanol–water partition coefficient (Wildman–Crippen LogP) is -4.70. The van der Waals surface area contributed by atoms with E-state index in [9.17, 15) is 4.79 Å². The Bertz CT molecular complexity index is 186. The molecule has 0 aromatic rings. The van der Waals surface area contributed by atoms with Crippen LogP contribution < -0.4 is 0 Å². The van der Waals surface area contributed by atoms with E-state index in [1.165, 1.54) is 0 Å². The molecule has 0 heterocycles. The first-order valence-corrected chi connectivity index (χ1v) is 5.89. The number of carbonyl (C=O) groups is 1. The molecular formula is C6H14GeO8. The van der Waals surface area contributed by atoms with E-state index >= 15 is 0 Å². The fourth-order valence-corrected chi connectivity index (χ4v) is 0.602. The van der Waals surface area contributed by atoms with Crippen LogP contribution in [0.25, 0.3) is 0 Å². The molecule has 0 amide bonds. The van der Waals surface area contributed by atoms with E-state index in [-0.39, 0.29) is 0 Å². The Morgan fingerprint density at radius 1 is 1.20 bits per heavy atom. The van der Waals surface area contributed by atoms with Gasteiger partial charge in [0.1, 0.15) is 24.9 Å². The van der Waals surface area contributed by atoms with Crippen molar-refractivity contribution in [3.63, 3.8) is 0 Å². The molecule has 0 fully saturated rings. The zero-order valence-electron chi connectivity index (χ0n) is 7.72. The third-order valence-corrected chi connectivity index (χ3v) is 1.39. The average molecular weight is 287 g/mol. The Hall–Kier alpha value is -0.387. The summed E-state index contributed by atoms with van der Waals surface area (Å²) in [5, 5.41) is 43.1. The summed E-state index contributed by atoms with van der Waals surface area (Å²) in [5.41, 5.74) is 0. The molecule has 0 spiro atoms. The van der Waals surface area contributed by atoms with Gasteiger partial charge in [-0.05, 0) is 0 Å². The van der Waals surface area contributed by atoms with Crippen LogP contribution in [0.1, 0.15) is 0 Å².